The first-order chi connectivity index (χ1) is 14.6. The van der Waals surface area contributed by atoms with Crippen LogP contribution in [0.25, 0.3) is 11.3 Å². The van der Waals surface area contributed by atoms with Crippen LogP contribution in [0.15, 0.2) is 36.7 Å². The standard InChI is InChI=1S/C22H26N6O2/c1-3-27-14-23-26-20(27)17-12-28(13-22(17)9-4-10-22)21(29)19-11-18(24-25-19)15-5-7-16(30-2)8-6-15/h5-8,11,14,17H,3-4,9-10,12-13H2,1-2H3,(H,24,25). The lowest BCUT2D eigenvalue weighted by atomic mass is 9.62. The topological polar surface area (TPSA) is 88.9 Å². The fourth-order valence-electron chi connectivity index (χ4n) is 4.91. The molecular weight excluding hydrogens is 380 g/mol. The maximum Gasteiger partial charge on any atom is 0.271 e. The van der Waals surface area contributed by atoms with Gasteiger partial charge in [0.25, 0.3) is 5.91 Å². The molecule has 1 aliphatic carbocycles. The van der Waals surface area contributed by atoms with Crippen molar-refractivity contribution in [1.82, 2.24) is 29.9 Å². The third-order valence-corrected chi connectivity index (χ3v) is 6.78. The van der Waals surface area contributed by atoms with Crippen LogP contribution in [0.1, 0.15) is 48.4 Å². The minimum Gasteiger partial charge on any atom is -0.497 e. The summed E-state index contributed by atoms with van der Waals surface area (Å²) in [6.07, 6.45) is 5.28. The van der Waals surface area contributed by atoms with E-state index in [1.165, 1.54) is 6.42 Å². The summed E-state index contributed by atoms with van der Waals surface area (Å²) in [5.41, 5.74) is 2.35. The molecule has 1 N–H and O–H groups in total. The van der Waals surface area contributed by atoms with Crippen molar-refractivity contribution >= 4 is 5.91 Å². The molecule has 2 aromatic heterocycles. The van der Waals surface area contributed by atoms with Gasteiger partial charge < -0.3 is 14.2 Å². The molecule has 5 rings (SSSR count). The normalized spacial score (nSPS) is 19.8. The van der Waals surface area contributed by atoms with E-state index in [9.17, 15) is 4.79 Å². The molecule has 1 saturated heterocycles. The molecule has 2 aliphatic rings. The molecule has 1 aromatic carbocycles. The summed E-state index contributed by atoms with van der Waals surface area (Å²) in [6, 6.07) is 9.49. The number of hydrogen-bond acceptors (Lipinski definition) is 5. The van der Waals surface area contributed by atoms with Crippen molar-refractivity contribution in [2.24, 2.45) is 5.41 Å². The van der Waals surface area contributed by atoms with E-state index >= 15 is 0 Å². The second kappa shape index (κ2) is 7.27. The molecule has 1 saturated carbocycles. The number of likely N-dealkylation sites (tertiary alicyclic amines) is 1. The molecule has 2 fully saturated rings. The van der Waals surface area contributed by atoms with Gasteiger partial charge in [0.2, 0.25) is 0 Å². The van der Waals surface area contributed by atoms with Crippen LogP contribution in [0.2, 0.25) is 0 Å². The average Bonchev–Trinajstić information content (AvgIpc) is 3.50. The van der Waals surface area contributed by atoms with Crippen LogP contribution in [-0.4, -0.2) is 56.0 Å². The second-order valence-electron chi connectivity index (χ2n) is 8.32. The Morgan fingerprint density at radius 2 is 2.10 bits per heavy atom. The number of carbonyl (C=O) groups is 1. The average molecular weight is 406 g/mol. The number of aryl methyl sites for hydroxylation is 1. The van der Waals surface area contributed by atoms with E-state index in [-0.39, 0.29) is 17.2 Å². The highest BCUT2D eigenvalue weighted by Crippen LogP contribution is 2.55. The Kier molecular flexibility index (Phi) is 4.56. The third-order valence-electron chi connectivity index (χ3n) is 6.78. The Labute approximate surface area is 175 Å². The van der Waals surface area contributed by atoms with Gasteiger partial charge >= 0.3 is 0 Å². The van der Waals surface area contributed by atoms with E-state index < -0.39 is 0 Å². The van der Waals surface area contributed by atoms with Crippen LogP contribution in [0.3, 0.4) is 0 Å². The van der Waals surface area contributed by atoms with Gasteiger partial charge in [0.15, 0.2) is 0 Å². The van der Waals surface area contributed by atoms with E-state index in [1.807, 2.05) is 35.2 Å². The summed E-state index contributed by atoms with van der Waals surface area (Å²) < 4.78 is 7.32. The highest BCUT2D eigenvalue weighted by Gasteiger charge is 2.53. The van der Waals surface area contributed by atoms with E-state index in [0.717, 1.165) is 48.8 Å². The molecule has 3 aromatic rings. The van der Waals surface area contributed by atoms with Crippen LogP contribution < -0.4 is 4.74 Å². The Hall–Kier alpha value is -3.16. The van der Waals surface area contributed by atoms with E-state index in [4.69, 9.17) is 4.74 Å². The van der Waals surface area contributed by atoms with Crippen molar-refractivity contribution in [3.63, 3.8) is 0 Å². The zero-order valence-electron chi connectivity index (χ0n) is 17.3. The van der Waals surface area contributed by atoms with Crippen LogP contribution in [0.5, 0.6) is 5.75 Å². The summed E-state index contributed by atoms with van der Waals surface area (Å²) in [7, 11) is 1.64. The lowest BCUT2D eigenvalue weighted by Crippen LogP contribution is -2.38. The molecule has 156 valence electrons. The van der Waals surface area contributed by atoms with Crippen LogP contribution in [0, 0.1) is 5.41 Å². The first-order valence-electron chi connectivity index (χ1n) is 10.5. The predicted octanol–water partition coefficient (Wildman–Crippen LogP) is 3.11. The van der Waals surface area contributed by atoms with Gasteiger partial charge in [-0.2, -0.15) is 5.10 Å². The first kappa shape index (κ1) is 18.8. The van der Waals surface area contributed by atoms with Gasteiger partial charge in [-0.3, -0.25) is 9.89 Å². The van der Waals surface area contributed by atoms with Gasteiger partial charge in [-0.25, -0.2) is 0 Å². The molecular formula is C22H26N6O2. The maximum atomic E-state index is 13.3. The number of nitrogens with zero attached hydrogens (tertiary/aromatic N) is 5. The van der Waals surface area contributed by atoms with Crippen molar-refractivity contribution < 1.29 is 9.53 Å². The van der Waals surface area contributed by atoms with Crippen LogP contribution in [-0.2, 0) is 6.54 Å². The van der Waals surface area contributed by atoms with Crippen molar-refractivity contribution in [2.75, 3.05) is 20.2 Å². The first-order valence-corrected chi connectivity index (χ1v) is 10.5. The molecule has 0 radical (unpaired) electrons. The molecule has 1 atom stereocenters. The summed E-state index contributed by atoms with van der Waals surface area (Å²) in [4.78, 5) is 15.2. The van der Waals surface area contributed by atoms with Gasteiger partial charge in [0, 0.05) is 31.1 Å². The Morgan fingerprint density at radius 3 is 2.77 bits per heavy atom. The fourth-order valence-corrected chi connectivity index (χ4v) is 4.91. The number of benzene rings is 1. The Balaban J connectivity index is 1.37. The van der Waals surface area contributed by atoms with Crippen LogP contribution >= 0.6 is 0 Å². The minimum atomic E-state index is -0.00130. The SMILES string of the molecule is CCn1cnnc1C1CN(C(=O)c2cc(-c3ccc(OC)cc3)n[nH]2)CC12CCC2. The van der Waals surface area contributed by atoms with E-state index in [1.54, 1.807) is 13.4 Å². The molecule has 0 bridgehead atoms. The highest BCUT2D eigenvalue weighted by atomic mass is 16.5. The molecule has 3 heterocycles. The van der Waals surface area contributed by atoms with E-state index in [2.05, 4.69) is 31.9 Å². The highest BCUT2D eigenvalue weighted by molar-refractivity contribution is 5.93. The summed E-state index contributed by atoms with van der Waals surface area (Å²) >= 11 is 0. The molecule has 8 nitrogen and oxygen atoms in total. The lowest BCUT2D eigenvalue weighted by Gasteiger charge is -2.42. The number of amides is 1. The van der Waals surface area contributed by atoms with Crippen LogP contribution in [0.4, 0.5) is 0 Å². The number of methoxy groups -OCH3 is 1. The van der Waals surface area contributed by atoms with Gasteiger partial charge in [0.05, 0.1) is 12.8 Å². The van der Waals surface area contributed by atoms with Gasteiger partial charge in [0.1, 0.15) is 23.6 Å². The second-order valence-corrected chi connectivity index (χ2v) is 8.32. The third kappa shape index (κ3) is 2.98. The number of ether oxygens (including phenoxy) is 1. The molecule has 1 aliphatic heterocycles. The molecule has 1 unspecified atom stereocenters. The lowest BCUT2D eigenvalue weighted by molar-refractivity contribution is 0.0718. The molecule has 1 amide bonds. The number of carbonyl (C=O) groups excluding carboxylic acids is 1. The fraction of sp³-hybridized carbons (Fsp3) is 0.455. The van der Waals surface area contributed by atoms with Gasteiger partial charge in [-0.05, 0) is 55.5 Å². The number of aromatic amines is 1. The van der Waals surface area contributed by atoms with Crippen molar-refractivity contribution in [1.29, 1.82) is 0 Å². The van der Waals surface area contributed by atoms with Gasteiger partial charge in [-0.1, -0.05) is 6.42 Å². The van der Waals surface area contributed by atoms with Crippen molar-refractivity contribution in [3.05, 3.63) is 48.2 Å². The largest absolute Gasteiger partial charge is 0.497 e. The molecule has 1 spiro atoms. The zero-order chi connectivity index (χ0) is 20.7. The molecule has 8 heteroatoms. The number of rotatable bonds is 5. The Bertz CT molecular complexity index is 1050. The monoisotopic (exact) mass is 406 g/mol. The summed E-state index contributed by atoms with van der Waals surface area (Å²) in [5, 5.41) is 15.8. The predicted molar refractivity (Wildman–Crippen MR) is 111 cm³/mol. The number of aromatic nitrogens is 5. The molecule has 30 heavy (non-hydrogen) atoms. The quantitative estimate of drug-likeness (QED) is 0.703. The summed E-state index contributed by atoms with van der Waals surface area (Å²) in [5.74, 6) is 2.04. The van der Waals surface area contributed by atoms with Gasteiger partial charge in [-0.15, -0.1) is 10.2 Å². The maximum absolute atomic E-state index is 13.3. The number of hydrogen-bond donors (Lipinski definition) is 1. The minimum absolute atomic E-state index is 0.00130. The smallest absolute Gasteiger partial charge is 0.271 e. The van der Waals surface area contributed by atoms with Crippen molar-refractivity contribution in [2.45, 2.75) is 38.6 Å². The zero-order valence-corrected chi connectivity index (χ0v) is 17.3. The number of nitrogens with one attached hydrogen (secondary N) is 1. The van der Waals surface area contributed by atoms with Crippen molar-refractivity contribution in [3.8, 4) is 17.0 Å². The van der Waals surface area contributed by atoms with E-state index in [0.29, 0.717) is 12.2 Å². The number of H-pyrrole nitrogens is 1. The summed E-state index contributed by atoms with van der Waals surface area (Å²) in [6.45, 7) is 4.39. The Morgan fingerprint density at radius 1 is 1.30 bits per heavy atom.